The lowest BCUT2D eigenvalue weighted by atomic mass is 9.94. The highest BCUT2D eigenvalue weighted by molar-refractivity contribution is 7.93. The number of hydrogen-bond acceptors (Lipinski definition) is 8. The maximum Gasteiger partial charge on any atom is 0.274 e. The van der Waals surface area contributed by atoms with E-state index in [1.165, 1.54) is 15.1 Å². The van der Waals surface area contributed by atoms with Crippen LogP contribution in [0.15, 0.2) is 71.8 Å². The third kappa shape index (κ3) is 5.31. The Labute approximate surface area is 256 Å². The smallest absolute Gasteiger partial charge is 0.274 e. The number of rotatable bonds is 7. The molecule has 228 valence electrons. The lowest BCUT2D eigenvalue weighted by Gasteiger charge is -2.31. The molecular weight excluding hydrogens is 580 g/mol. The Bertz CT molecular complexity index is 1920. The van der Waals surface area contributed by atoms with Gasteiger partial charge in [-0.2, -0.15) is 0 Å². The van der Waals surface area contributed by atoms with Crippen LogP contribution in [0.4, 0.5) is 28.6 Å². The molecule has 1 saturated heterocycles. The number of aliphatic hydroxyl groups excluding tert-OH is 1. The first-order valence-electron chi connectivity index (χ1n) is 14.4. The molecule has 0 aliphatic carbocycles. The van der Waals surface area contributed by atoms with E-state index in [4.69, 9.17) is 0 Å². The third-order valence-electron chi connectivity index (χ3n) is 8.18. The van der Waals surface area contributed by atoms with Crippen LogP contribution >= 0.6 is 0 Å². The van der Waals surface area contributed by atoms with Crippen molar-refractivity contribution in [2.24, 2.45) is 7.05 Å². The van der Waals surface area contributed by atoms with E-state index in [2.05, 4.69) is 10.3 Å². The number of nitrogens with zero attached hydrogens (tertiary/aromatic N) is 5. The number of fused-ring (bicyclic) bond motifs is 1. The van der Waals surface area contributed by atoms with Gasteiger partial charge in [-0.25, -0.2) is 13.4 Å². The molecule has 4 aromatic rings. The fourth-order valence-electron chi connectivity index (χ4n) is 5.87. The van der Waals surface area contributed by atoms with E-state index in [1.54, 1.807) is 36.3 Å². The number of aromatic nitrogens is 2. The molecule has 0 spiro atoms. The largest absolute Gasteiger partial charge is 0.392 e. The number of hydrogen-bond donors (Lipinski definition) is 2. The van der Waals surface area contributed by atoms with Crippen molar-refractivity contribution in [3.05, 3.63) is 94.0 Å². The lowest BCUT2D eigenvalue weighted by Crippen LogP contribution is -2.38. The zero-order valence-electron chi connectivity index (χ0n) is 24.8. The van der Waals surface area contributed by atoms with E-state index >= 15 is 0 Å². The second-order valence-electron chi connectivity index (χ2n) is 11.2. The fourth-order valence-corrected chi connectivity index (χ4v) is 7.42. The molecule has 2 aromatic carbocycles. The molecule has 0 saturated carbocycles. The van der Waals surface area contributed by atoms with Crippen LogP contribution in [-0.2, 0) is 30.1 Å². The van der Waals surface area contributed by atoms with Crippen LogP contribution in [-0.4, -0.2) is 61.9 Å². The third-order valence-corrected chi connectivity index (χ3v) is 10.0. The molecule has 11 nitrogen and oxygen atoms in total. The first-order valence-corrected chi connectivity index (χ1v) is 16.0. The molecule has 4 heterocycles. The summed E-state index contributed by atoms with van der Waals surface area (Å²) >= 11 is 0. The number of carbonyl (C=O) groups is 1. The number of aryl methyl sites for hydroxylation is 1. The minimum absolute atomic E-state index is 0.115. The number of sulfonamides is 1. The van der Waals surface area contributed by atoms with E-state index < -0.39 is 10.0 Å². The molecule has 2 aromatic heterocycles. The summed E-state index contributed by atoms with van der Waals surface area (Å²) in [6, 6.07) is 16.3. The summed E-state index contributed by atoms with van der Waals surface area (Å²) < 4.78 is 27.3. The molecule has 12 heteroatoms. The first kappa shape index (κ1) is 29.4. The lowest BCUT2D eigenvalue weighted by molar-refractivity contribution is 0.0980. The monoisotopic (exact) mass is 614 g/mol. The Kier molecular flexibility index (Phi) is 7.64. The summed E-state index contributed by atoms with van der Waals surface area (Å²) in [4.78, 5) is 34.8. The van der Waals surface area contributed by atoms with E-state index in [1.807, 2.05) is 55.4 Å². The molecule has 2 aliphatic heterocycles. The quantitative estimate of drug-likeness (QED) is 0.324. The molecule has 6 rings (SSSR count). The van der Waals surface area contributed by atoms with Crippen LogP contribution in [0, 0.1) is 0 Å². The van der Waals surface area contributed by atoms with E-state index in [-0.39, 0.29) is 29.5 Å². The van der Waals surface area contributed by atoms with E-state index in [0.717, 1.165) is 11.3 Å². The summed E-state index contributed by atoms with van der Waals surface area (Å²) in [6.45, 7) is 0.577. The van der Waals surface area contributed by atoms with Gasteiger partial charge in [0.25, 0.3) is 11.5 Å². The van der Waals surface area contributed by atoms with Crippen LogP contribution in [0.5, 0.6) is 0 Å². The maximum absolute atomic E-state index is 13.6. The highest BCUT2D eigenvalue weighted by Gasteiger charge is 2.29. The van der Waals surface area contributed by atoms with Crippen LogP contribution in [0.3, 0.4) is 0 Å². The van der Waals surface area contributed by atoms with Gasteiger partial charge in [-0.3, -0.25) is 13.9 Å². The van der Waals surface area contributed by atoms with Crippen molar-refractivity contribution in [1.82, 2.24) is 9.55 Å². The number of amides is 1. The minimum Gasteiger partial charge on any atom is -0.392 e. The average Bonchev–Trinajstić information content (AvgIpc) is 3.37. The van der Waals surface area contributed by atoms with Gasteiger partial charge in [-0.15, -0.1) is 0 Å². The molecule has 0 atom stereocenters. The minimum atomic E-state index is -3.33. The van der Waals surface area contributed by atoms with Gasteiger partial charge < -0.3 is 24.8 Å². The van der Waals surface area contributed by atoms with Crippen molar-refractivity contribution in [3.63, 3.8) is 0 Å². The highest BCUT2D eigenvalue weighted by Crippen LogP contribution is 2.35. The zero-order chi connectivity index (χ0) is 31.2. The first-order chi connectivity index (χ1) is 21.1. The van der Waals surface area contributed by atoms with Crippen LogP contribution in [0.25, 0.3) is 11.1 Å². The Morgan fingerprint density at radius 2 is 1.84 bits per heavy atom. The van der Waals surface area contributed by atoms with Crippen molar-refractivity contribution < 1.29 is 18.3 Å². The number of anilines is 5. The van der Waals surface area contributed by atoms with Gasteiger partial charge >= 0.3 is 0 Å². The molecule has 0 unspecified atom stereocenters. The summed E-state index contributed by atoms with van der Waals surface area (Å²) in [7, 11) is 2.24. The standard InChI is InChI=1S/C32H34N6O5S/c1-35(2)23-8-10-26-21(16-23)12-14-37(31(26)40)29-7-4-6-25(27(29)20-39)22-17-28(32(41)36(3)19-22)34-30-11-9-24(18-33-30)38-13-5-15-44(38,42)43/h4,6-11,16-19,39H,5,12-15,20H2,1-3H3,(H,33,34). The fraction of sp³-hybridized carbons (Fsp3) is 0.281. The molecule has 44 heavy (non-hydrogen) atoms. The molecular formula is C32H34N6O5S. The van der Waals surface area contributed by atoms with Gasteiger partial charge in [0.05, 0.1) is 29.9 Å². The second kappa shape index (κ2) is 11.4. The summed E-state index contributed by atoms with van der Waals surface area (Å²) in [5.74, 6) is 0.372. The van der Waals surface area contributed by atoms with Crippen LogP contribution in [0.1, 0.15) is 27.9 Å². The highest BCUT2D eigenvalue weighted by atomic mass is 32.2. The van der Waals surface area contributed by atoms with Gasteiger partial charge in [-0.1, -0.05) is 12.1 Å². The number of aliphatic hydroxyl groups is 1. The Morgan fingerprint density at radius 1 is 1.02 bits per heavy atom. The van der Waals surface area contributed by atoms with Gasteiger partial charge in [0.2, 0.25) is 10.0 Å². The van der Waals surface area contributed by atoms with E-state index in [9.17, 15) is 23.1 Å². The van der Waals surface area contributed by atoms with Crippen molar-refractivity contribution in [2.45, 2.75) is 19.4 Å². The summed E-state index contributed by atoms with van der Waals surface area (Å²) in [5, 5.41) is 13.6. The molecule has 2 aliphatic rings. The predicted octanol–water partition coefficient (Wildman–Crippen LogP) is 3.49. The normalized spacial score (nSPS) is 15.8. The molecule has 1 amide bonds. The van der Waals surface area contributed by atoms with E-state index in [0.29, 0.717) is 65.4 Å². The second-order valence-corrected chi connectivity index (χ2v) is 13.2. The number of nitrogens with one attached hydrogen (secondary N) is 1. The predicted molar refractivity (Wildman–Crippen MR) is 172 cm³/mol. The summed E-state index contributed by atoms with van der Waals surface area (Å²) in [5.41, 5.74) is 5.68. The topological polar surface area (TPSA) is 128 Å². The Balaban J connectivity index is 1.32. The Morgan fingerprint density at radius 3 is 2.52 bits per heavy atom. The van der Waals surface area contributed by atoms with Crippen LogP contribution in [0.2, 0.25) is 0 Å². The molecule has 0 radical (unpaired) electrons. The van der Waals surface area contributed by atoms with Gasteiger partial charge in [-0.05, 0) is 66.4 Å². The van der Waals surface area contributed by atoms with Gasteiger partial charge in [0, 0.05) is 62.8 Å². The van der Waals surface area contributed by atoms with Gasteiger partial charge in [0.1, 0.15) is 11.5 Å². The zero-order valence-corrected chi connectivity index (χ0v) is 25.6. The SMILES string of the molecule is CN(C)c1ccc2c(c1)CCN(c1cccc(-c3cc(Nc4ccc(N5CCCS5(=O)=O)cn4)c(=O)n(C)c3)c1CO)C2=O. The number of carbonyl (C=O) groups excluding carboxylic acids is 1. The Hall–Kier alpha value is -4.68. The van der Waals surface area contributed by atoms with Crippen molar-refractivity contribution >= 4 is 44.5 Å². The van der Waals surface area contributed by atoms with Gasteiger partial charge in [0.15, 0.2) is 0 Å². The van der Waals surface area contributed by atoms with Crippen molar-refractivity contribution in [2.75, 3.05) is 52.4 Å². The average molecular weight is 615 g/mol. The van der Waals surface area contributed by atoms with Crippen LogP contribution < -0.4 is 25.0 Å². The molecule has 2 N–H and O–H groups in total. The maximum atomic E-state index is 13.6. The number of pyridine rings is 2. The molecule has 0 bridgehead atoms. The molecule has 1 fully saturated rings. The van der Waals surface area contributed by atoms with Crippen molar-refractivity contribution in [3.8, 4) is 11.1 Å². The number of benzene rings is 2. The van der Waals surface area contributed by atoms with Crippen molar-refractivity contribution in [1.29, 1.82) is 0 Å². The summed E-state index contributed by atoms with van der Waals surface area (Å²) in [6.07, 6.45) is 4.42.